The fourth-order valence-electron chi connectivity index (χ4n) is 2.70. The number of hydrogen-bond acceptors (Lipinski definition) is 2. The molecule has 1 aromatic rings. The molecular formula is C16H23NO2. The van der Waals surface area contributed by atoms with E-state index in [1.165, 1.54) is 5.56 Å². The first-order valence-corrected chi connectivity index (χ1v) is 6.94. The third kappa shape index (κ3) is 3.57. The first-order valence-electron chi connectivity index (χ1n) is 6.94. The maximum atomic E-state index is 12.3. The standard InChI is InChI=1S/C16H23NO2/c1-12-5-6-13(2)14(9-12)10-15(18)17-8-4-7-16(3,19)11-17/h5-6,9,19H,4,7-8,10-11H2,1-3H3. The molecule has 0 aliphatic carbocycles. The van der Waals surface area contributed by atoms with Crippen molar-refractivity contribution in [3.8, 4) is 0 Å². The maximum absolute atomic E-state index is 12.3. The summed E-state index contributed by atoms with van der Waals surface area (Å²) in [7, 11) is 0. The van der Waals surface area contributed by atoms with Gasteiger partial charge in [0.1, 0.15) is 0 Å². The summed E-state index contributed by atoms with van der Waals surface area (Å²) in [6, 6.07) is 6.20. The van der Waals surface area contributed by atoms with Crippen molar-refractivity contribution in [3.63, 3.8) is 0 Å². The average Bonchev–Trinajstić information content (AvgIpc) is 2.32. The van der Waals surface area contributed by atoms with Crippen molar-refractivity contribution in [3.05, 3.63) is 34.9 Å². The van der Waals surface area contributed by atoms with Crippen LogP contribution in [0.4, 0.5) is 0 Å². The number of β-amino-alcohol motifs (C(OH)–C–C–N with tert-alkyl or cyclic N) is 1. The Morgan fingerprint density at radius 2 is 2.16 bits per heavy atom. The molecule has 1 N–H and O–H groups in total. The van der Waals surface area contributed by atoms with Crippen molar-refractivity contribution < 1.29 is 9.90 Å². The Labute approximate surface area is 115 Å². The van der Waals surface area contributed by atoms with E-state index in [-0.39, 0.29) is 5.91 Å². The number of carbonyl (C=O) groups is 1. The third-order valence-corrected chi connectivity index (χ3v) is 3.87. The zero-order valence-electron chi connectivity index (χ0n) is 12.1. The minimum absolute atomic E-state index is 0.119. The Morgan fingerprint density at radius 1 is 1.42 bits per heavy atom. The number of amides is 1. The summed E-state index contributed by atoms with van der Waals surface area (Å²) in [4.78, 5) is 14.1. The van der Waals surface area contributed by atoms with Gasteiger partial charge in [0.15, 0.2) is 0 Å². The molecular weight excluding hydrogens is 238 g/mol. The maximum Gasteiger partial charge on any atom is 0.227 e. The van der Waals surface area contributed by atoms with Crippen molar-refractivity contribution >= 4 is 5.91 Å². The first-order chi connectivity index (χ1) is 8.87. The second-order valence-corrected chi connectivity index (χ2v) is 6.02. The lowest BCUT2D eigenvalue weighted by Gasteiger charge is -2.37. The van der Waals surface area contributed by atoms with Gasteiger partial charge >= 0.3 is 0 Å². The normalized spacial score (nSPS) is 23.5. The van der Waals surface area contributed by atoms with Crippen LogP contribution in [0.5, 0.6) is 0 Å². The summed E-state index contributed by atoms with van der Waals surface area (Å²) in [6.45, 7) is 7.11. The molecule has 3 nitrogen and oxygen atoms in total. The molecule has 1 aliphatic rings. The number of likely N-dealkylation sites (tertiary alicyclic amines) is 1. The van der Waals surface area contributed by atoms with Crippen LogP contribution in [0.1, 0.15) is 36.5 Å². The predicted octanol–water partition coefficient (Wildman–Crippen LogP) is 2.22. The SMILES string of the molecule is Cc1ccc(C)c(CC(=O)N2CCCC(C)(O)C2)c1. The molecule has 0 radical (unpaired) electrons. The second kappa shape index (κ2) is 5.33. The number of hydrogen-bond donors (Lipinski definition) is 1. The van der Waals surface area contributed by atoms with Gasteiger partial charge in [-0.25, -0.2) is 0 Å². The van der Waals surface area contributed by atoms with Crippen molar-refractivity contribution in [1.82, 2.24) is 4.90 Å². The Balaban J connectivity index is 2.06. The minimum Gasteiger partial charge on any atom is -0.388 e. The van der Waals surface area contributed by atoms with Crippen LogP contribution in [0.3, 0.4) is 0 Å². The summed E-state index contributed by atoms with van der Waals surface area (Å²) in [5.74, 6) is 0.119. The van der Waals surface area contributed by atoms with Gasteiger partial charge in [0.25, 0.3) is 0 Å². The van der Waals surface area contributed by atoms with E-state index in [2.05, 4.69) is 18.2 Å². The molecule has 1 atom stereocenters. The molecule has 1 aliphatic heterocycles. The molecule has 1 aromatic carbocycles. The van der Waals surface area contributed by atoms with Crippen LogP contribution in [0.25, 0.3) is 0 Å². The Kier molecular flexibility index (Phi) is 3.95. The number of carbonyl (C=O) groups excluding carboxylic acids is 1. The van der Waals surface area contributed by atoms with Gasteiger partial charge in [0.05, 0.1) is 12.0 Å². The average molecular weight is 261 g/mol. The Morgan fingerprint density at radius 3 is 2.84 bits per heavy atom. The summed E-state index contributed by atoms with van der Waals surface area (Å²) in [5, 5.41) is 10.1. The number of aliphatic hydroxyl groups is 1. The lowest BCUT2D eigenvalue weighted by atomic mass is 9.94. The number of benzene rings is 1. The van der Waals surface area contributed by atoms with Crippen LogP contribution in [0, 0.1) is 13.8 Å². The molecule has 1 unspecified atom stereocenters. The van der Waals surface area contributed by atoms with Gasteiger partial charge in [-0.2, -0.15) is 0 Å². The Bertz CT molecular complexity index is 480. The lowest BCUT2D eigenvalue weighted by Crippen LogP contribution is -2.49. The quantitative estimate of drug-likeness (QED) is 0.887. The van der Waals surface area contributed by atoms with Crippen LogP contribution in [-0.2, 0) is 11.2 Å². The molecule has 1 heterocycles. The molecule has 104 valence electrons. The van der Waals surface area contributed by atoms with Gasteiger partial charge in [-0.15, -0.1) is 0 Å². The van der Waals surface area contributed by atoms with Crippen molar-refractivity contribution in [2.75, 3.05) is 13.1 Å². The van der Waals surface area contributed by atoms with E-state index in [9.17, 15) is 9.90 Å². The summed E-state index contributed by atoms with van der Waals surface area (Å²) in [5.41, 5.74) is 2.70. The van der Waals surface area contributed by atoms with Gasteiger partial charge in [0.2, 0.25) is 5.91 Å². The van der Waals surface area contributed by atoms with Crippen molar-refractivity contribution in [1.29, 1.82) is 0 Å². The van der Waals surface area contributed by atoms with Gasteiger partial charge in [0, 0.05) is 13.1 Å². The van der Waals surface area contributed by atoms with Crippen LogP contribution in [0.2, 0.25) is 0 Å². The lowest BCUT2D eigenvalue weighted by molar-refractivity contribution is -0.136. The van der Waals surface area contributed by atoms with E-state index < -0.39 is 5.60 Å². The van der Waals surface area contributed by atoms with E-state index in [1.54, 1.807) is 4.90 Å². The van der Waals surface area contributed by atoms with Crippen molar-refractivity contribution in [2.24, 2.45) is 0 Å². The van der Waals surface area contributed by atoms with Gasteiger partial charge in [-0.3, -0.25) is 4.79 Å². The highest BCUT2D eigenvalue weighted by Gasteiger charge is 2.30. The van der Waals surface area contributed by atoms with Crippen LogP contribution < -0.4 is 0 Å². The molecule has 1 saturated heterocycles. The van der Waals surface area contributed by atoms with Crippen molar-refractivity contribution in [2.45, 2.75) is 45.6 Å². The number of piperidine rings is 1. The molecule has 0 aromatic heterocycles. The van der Waals surface area contributed by atoms with E-state index in [0.717, 1.165) is 30.5 Å². The molecule has 0 bridgehead atoms. The predicted molar refractivity (Wildman–Crippen MR) is 76.1 cm³/mol. The number of rotatable bonds is 2. The van der Waals surface area contributed by atoms with Crippen LogP contribution in [-0.4, -0.2) is 34.6 Å². The Hall–Kier alpha value is -1.35. The molecule has 0 saturated carbocycles. The molecule has 2 rings (SSSR count). The molecule has 1 amide bonds. The van der Waals surface area contributed by atoms with E-state index >= 15 is 0 Å². The van der Waals surface area contributed by atoms with E-state index in [0.29, 0.717) is 13.0 Å². The molecule has 1 fully saturated rings. The second-order valence-electron chi connectivity index (χ2n) is 6.02. The van der Waals surface area contributed by atoms with Crippen LogP contribution in [0.15, 0.2) is 18.2 Å². The fourth-order valence-corrected chi connectivity index (χ4v) is 2.70. The summed E-state index contributed by atoms with van der Waals surface area (Å²) in [6.07, 6.45) is 2.09. The summed E-state index contributed by atoms with van der Waals surface area (Å²) < 4.78 is 0. The summed E-state index contributed by atoms with van der Waals surface area (Å²) >= 11 is 0. The van der Waals surface area contributed by atoms with Gasteiger partial charge in [-0.1, -0.05) is 23.8 Å². The van der Waals surface area contributed by atoms with Crippen LogP contribution >= 0.6 is 0 Å². The van der Waals surface area contributed by atoms with Gasteiger partial charge in [-0.05, 0) is 44.7 Å². The van der Waals surface area contributed by atoms with E-state index in [4.69, 9.17) is 0 Å². The highest BCUT2D eigenvalue weighted by atomic mass is 16.3. The zero-order valence-corrected chi connectivity index (χ0v) is 12.1. The molecule has 3 heteroatoms. The largest absolute Gasteiger partial charge is 0.388 e. The number of aryl methyl sites for hydroxylation is 2. The van der Waals surface area contributed by atoms with Gasteiger partial charge < -0.3 is 10.0 Å². The monoisotopic (exact) mass is 261 g/mol. The first kappa shape index (κ1) is 14.1. The van der Waals surface area contributed by atoms with E-state index in [1.807, 2.05) is 20.8 Å². The number of nitrogens with zero attached hydrogens (tertiary/aromatic N) is 1. The highest BCUT2D eigenvalue weighted by Crippen LogP contribution is 2.21. The third-order valence-electron chi connectivity index (χ3n) is 3.87. The highest BCUT2D eigenvalue weighted by molar-refractivity contribution is 5.79. The molecule has 0 spiro atoms. The minimum atomic E-state index is -0.727. The topological polar surface area (TPSA) is 40.5 Å². The molecule has 19 heavy (non-hydrogen) atoms. The zero-order chi connectivity index (χ0) is 14.0. The fraction of sp³-hybridized carbons (Fsp3) is 0.562. The smallest absolute Gasteiger partial charge is 0.227 e.